The molecule has 1 saturated heterocycles. The molecular weight excluding hydrogens is 282 g/mol. The number of hydrogen-bond acceptors (Lipinski definition) is 5. The fraction of sp³-hybridized carbons (Fsp3) is 0.438. The van der Waals surface area contributed by atoms with Gasteiger partial charge >= 0.3 is 0 Å². The third-order valence-electron chi connectivity index (χ3n) is 4.18. The first kappa shape index (κ1) is 14.7. The van der Waals surface area contributed by atoms with Gasteiger partial charge in [-0.3, -0.25) is 11.3 Å². The summed E-state index contributed by atoms with van der Waals surface area (Å²) in [7, 11) is 0. The summed E-state index contributed by atoms with van der Waals surface area (Å²) in [5.41, 5.74) is 5.16. The van der Waals surface area contributed by atoms with Gasteiger partial charge in [0.2, 0.25) is 0 Å². The first-order valence-corrected chi connectivity index (χ1v) is 8.23. The molecule has 1 aromatic carbocycles. The van der Waals surface area contributed by atoms with E-state index in [0.717, 1.165) is 35.7 Å². The van der Waals surface area contributed by atoms with Gasteiger partial charge in [-0.15, -0.1) is 11.3 Å². The molecule has 0 spiro atoms. The van der Waals surface area contributed by atoms with Crippen molar-refractivity contribution in [2.24, 2.45) is 11.8 Å². The second-order valence-corrected chi connectivity index (χ2v) is 6.44. The Balaban J connectivity index is 1.71. The molecule has 5 heteroatoms. The van der Waals surface area contributed by atoms with Crippen LogP contribution in [0.15, 0.2) is 35.7 Å². The fourth-order valence-electron chi connectivity index (χ4n) is 2.94. The van der Waals surface area contributed by atoms with Crippen molar-refractivity contribution >= 4 is 11.3 Å². The van der Waals surface area contributed by atoms with E-state index in [-0.39, 0.29) is 12.1 Å². The quantitative estimate of drug-likeness (QED) is 0.658. The highest BCUT2D eigenvalue weighted by atomic mass is 32.1. The number of ether oxygens (including phenoxy) is 1. The van der Waals surface area contributed by atoms with E-state index in [0.29, 0.717) is 5.92 Å². The molecule has 0 amide bonds. The number of rotatable bonds is 5. The Morgan fingerprint density at radius 2 is 2.24 bits per heavy atom. The predicted molar refractivity (Wildman–Crippen MR) is 85.9 cm³/mol. The van der Waals surface area contributed by atoms with Gasteiger partial charge in [0.1, 0.15) is 0 Å². The van der Waals surface area contributed by atoms with Crippen LogP contribution in [0.1, 0.15) is 18.4 Å². The molecule has 1 aromatic heterocycles. The number of nitrogens with two attached hydrogens (primary N) is 1. The lowest BCUT2D eigenvalue weighted by Gasteiger charge is -2.24. The second-order valence-electron chi connectivity index (χ2n) is 5.50. The van der Waals surface area contributed by atoms with Crippen LogP contribution in [0.5, 0.6) is 0 Å². The van der Waals surface area contributed by atoms with Crippen molar-refractivity contribution in [1.82, 2.24) is 10.4 Å². The Labute approximate surface area is 129 Å². The zero-order chi connectivity index (χ0) is 14.7. The maximum atomic E-state index is 5.75. The van der Waals surface area contributed by atoms with Crippen LogP contribution in [0, 0.1) is 5.92 Å². The van der Waals surface area contributed by atoms with Crippen molar-refractivity contribution in [3.63, 3.8) is 0 Å². The van der Waals surface area contributed by atoms with Crippen LogP contribution in [0.2, 0.25) is 0 Å². The summed E-state index contributed by atoms with van der Waals surface area (Å²) in [6.07, 6.45) is 2.18. The smallest absolute Gasteiger partial charge is 0.0948 e. The molecule has 0 saturated carbocycles. The van der Waals surface area contributed by atoms with E-state index in [4.69, 9.17) is 15.6 Å². The number of benzene rings is 1. The molecule has 4 nitrogen and oxygen atoms in total. The molecule has 2 heterocycles. The van der Waals surface area contributed by atoms with Gasteiger partial charge in [-0.2, -0.15) is 0 Å². The van der Waals surface area contributed by atoms with E-state index < -0.39 is 0 Å². The first-order valence-electron chi connectivity index (χ1n) is 7.35. The number of hydrogen-bond donors (Lipinski definition) is 2. The van der Waals surface area contributed by atoms with Crippen molar-refractivity contribution < 1.29 is 4.74 Å². The maximum Gasteiger partial charge on any atom is 0.0948 e. The van der Waals surface area contributed by atoms with Gasteiger partial charge < -0.3 is 4.74 Å². The number of aromatic nitrogens is 1. The maximum absolute atomic E-state index is 5.75. The van der Waals surface area contributed by atoms with Crippen LogP contribution in [0.25, 0.3) is 11.3 Å². The summed E-state index contributed by atoms with van der Waals surface area (Å²) < 4.78 is 5.65. The van der Waals surface area contributed by atoms with Crippen molar-refractivity contribution in [3.8, 4) is 11.3 Å². The van der Waals surface area contributed by atoms with Crippen molar-refractivity contribution in [1.29, 1.82) is 0 Å². The lowest BCUT2D eigenvalue weighted by molar-refractivity contribution is 0.0954. The van der Waals surface area contributed by atoms with Crippen LogP contribution in [0.4, 0.5) is 0 Å². The van der Waals surface area contributed by atoms with E-state index in [2.05, 4.69) is 29.9 Å². The van der Waals surface area contributed by atoms with E-state index in [1.54, 1.807) is 11.3 Å². The number of thiazole rings is 1. The summed E-state index contributed by atoms with van der Waals surface area (Å²) in [6.45, 7) is 2.95. The molecule has 0 bridgehead atoms. The van der Waals surface area contributed by atoms with Crippen LogP contribution in [-0.2, 0) is 11.2 Å². The number of nitrogens with zero attached hydrogens (tertiary/aromatic N) is 1. The highest BCUT2D eigenvalue weighted by Crippen LogP contribution is 2.28. The lowest BCUT2D eigenvalue weighted by Crippen LogP contribution is -2.44. The summed E-state index contributed by atoms with van der Waals surface area (Å²) >= 11 is 1.70. The molecule has 1 aliphatic rings. The standard InChI is InChI=1S/C16H21N3OS/c1-11-13(7-8-20-11)14(19-17)9-16-18-15(10-21-16)12-5-3-2-4-6-12/h2-6,10-11,13-14,19H,7-9,17H2,1H3. The van der Waals surface area contributed by atoms with Gasteiger partial charge in [0.05, 0.1) is 16.8 Å². The molecule has 112 valence electrons. The molecule has 3 N–H and O–H groups in total. The molecule has 1 aliphatic heterocycles. The summed E-state index contributed by atoms with van der Waals surface area (Å²) in [5.74, 6) is 6.21. The van der Waals surface area contributed by atoms with Gasteiger partial charge in [0, 0.05) is 35.9 Å². The topological polar surface area (TPSA) is 60.2 Å². The molecule has 0 radical (unpaired) electrons. The second kappa shape index (κ2) is 6.66. The normalized spacial score (nSPS) is 23.3. The van der Waals surface area contributed by atoms with Gasteiger partial charge in [-0.25, -0.2) is 4.98 Å². The fourth-order valence-corrected chi connectivity index (χ4v) is 3.81. The molecule has 1 fully saturated rings. The first-order chi connectivity index (χ1) is 10.3. The summed E-state index contributed by atoms with van der Waals surface area (Å²) in [5, 5.41) is 3.24. The third-order valence-corrected chi connectivity index (χ3v) is 5.05. The van der Waals surface area contributed by atoms with Crippen molar-refractivity contribution in [2.75, 3.05) is 6.61 Å². The molecule has 3 atom stereocenters. The SMILES string of the molecule is CC1OCCC1C(Cc1nc(-c2ccccc2)cs1)NN. The number of nitrogens with one attached hydrogen (secondary N) is 1. The Morgan fingerprint density at radius 3 is 2.90 bits per heavy atom. The van der Waals surface area contributed by atoms with Crippen LogP contribution >= 0.6 is 11.3 Å². The molecule has 21 heavy (non-hydrogen) atoms. The Kier molecular flexibility index (Phi) is 4.65. The van der Waals surface area contributed by atoms with E-state index in [9.17, 15) is 0 Å². The molecular formula is C16H21N3OS. The largest absolute Gasteiger partial charge is 0.378 e. The lowest BCUT2D eigenvalue weighted by atomic mass is 9.92. The molecule has 3 rings (SSSR count). The van der Waals surface area contributed by atoms with Crippen molar-refractivity contribution in [2.45, 2.75) is 31.9 Å². The zero-order valence-corrected chi connectivity index (χ0v) is 13.0. The van der Waals surface area contributed by atoms with Gasteiger partial charge in [0.25, 0.3) is 0 Å². The molecule has 0 aliphatic carbocycles. The third kappa shape index (κ3) is 3.32. The average Bonchev–Trinajstić information content (AvgIpc) is 3.15. The van der Waals surface area contributed by atoms with E-state index >= 15 is 0 Å². The Bertz CT molecular complexity index is 572. The van der Waals surface area contributed by atoms with E-state index in [1.807, 2.05) is 18.2 Å². The highest BCUT2D eigenvalue weighted by molar-refractivity contribution is 7.09. The predicted octanol–water partition coefficient (Wildman–Crippen LogP) is 2.61. The Morgan fingerprint density at radius 1 is 1.43 bits per heavy atom. The number of hydrazine groups is 1. The monoisotopic (exact) mass is 303 g/mol. The van der Waals surface area contributed by atoms with Gasteiger partial charge in [-0.05, 0) is 13.3 Å². The molecule has 2 aromatic rings. The zero-order valence-electron chi connectivity index (χ0n) is 12.2. The van der Waals surface area contributed by atoms with E-state index in [1.165, 1.54) is 0 Å². The van der Waals surface area contributed by atoms with Gasteiger partial charge in [0.15, 0.2) is 0 Å². The minimum absolute atomic E-state index is 0.220. The van der Waals surface area contributed by atoms with Crippen LogP contribution in [-0.4, -0.2) is 23.7 Å². The van der Waals surface area contributed by atoms with Crippen LogP contribution in [0.3, 0.4) is 0 Å². The van der Waals surface area contributed by atoms with Gasteiger partial charge in [-0.1, -0.05) is 30.3 Å². The minimum atomic E-state index is 0.220. The summed E-state index contributed by atoms with van der Waals surface area (Å²) in [6, 6.07) is 10.5. The summed E-state index contributed by atoms with van der Waals surface area (Å²) in [4.78, 5) is 4.75. The Hall–Kier alpha value is -1.27. The highest BCUT2D eigenvalue weighted by Gasteiger charge is 2.31. The average molecular weight is 303 g/mol. The van der Waals surface area contributed by atoms with Crippen molar-refractivity contribution in [3.05, 3.63) is 40.7 Å². The minimum Gasteiger partial charge on any atom is -0.378 e. The van der Waals surface area contributed by atoms with Crippen LogP contribution < -0.4 is 11.3 Å². The molecule has 3 unspecified atom stereocenters.